The smallest absolute Gasteiger partial charge is 0.387 e. The number of ether oxygens (including phenoxy) is 2. The molecular formula is C19H18BrF2N3O3. The summed E-state index contributed by atoms with van der Waals surface area (Å²) in [4.78, 5) is 6.41. The molecule has 3 rings (SSSR count). The number of hydrogen-bond donors (Lipinski definition) is 0. The van der Waals surface area contributed by atoms with Crippen molar-refractivity contribution < 1.29 is 22.8 Å². The maximum absolute atomic E-state index is 12.4. The van der Waals surface area contributed by atoms with Crippen molar-refractivity contribution >= 4 is 15.9 Å². The van der Waals surface area contributed by atoms with Crippen molar-refractivity contribution in [3.63, 3.8) is 0 Å². The third-order valence-corrected chi connectivity index (χ3v) is 4.68. The lowest BCUT2D eigenvalue weighted by Gasteiger charge is -2.15. The number of alkyl halides is 2. The molecule has 2 aromatic carbocycles. The quantitative estimate of drug-likeness (QED) is 0.490. The Morgan fingerprint density at radius 2 is 1.93 bits per heavy atom. The van der Waals surface area contributed by atoms with Crippen LogP contribution >= 0.6 is 15.9 Å². The molecule has 0 aliphatic heterocycles. The van der Waals surface area contributed by atoms with E-state index in [1.807, 2.05) is 36.2 Å². The van der Waals surface area contributed by atoms with Gasteiger partial charge in [-0.2, -0.15) is 13.8 Å². The van der Waals surface area contributed by atoms with Crippen LogP contribution in [0.5, 0.6) is 11.5 Å². The van der Waals surface area contributed by atoms with Crippen molar-refractivity contribution in [1.82, 2.24) is 15.0 Å². The Balaban J connectivity index is 1.70. The molecule has 0 saturated heterocycles. The van der Waals surface area contributed by atoms with E-state index in [4.69, 9.17) is 9.26 Å². The molecule has 1 aromatic heterocycles. The molecule has 1 heterocycles. The minimum absolute atomic E-state index is 0.0573. The molecule has 0 saturated carbocycles. The number of methoxy groups -OCH3 is 1. The Hall–Kier alpha value is -2.52. The summed E-state index contributed by atoms with van der Waals surface area (Å²) in [6.45, 7) is -1.78. The van der Waals surface area contributed by atoms with Gasteiger partial charge in [0, 0.05) is 16.6 Å². The number of aromatic nitrogens is 2. The van der Waals surface area contributed by atoms with Crippen molar-refractivity contribution in [2.24, 2.45) is 0 Å². The Morgan fingerprint density at radius 1 is 1.14 bits per heavy atom. The van der Waals surface area contributed by atoms with Crippen molar-refractivity contribution in [1.29, 1.82) is 0 Å². The normalized spacial score (nSPS) is 11.2. The van der Waals surface area contributed by atoms with Gasteiger partial charge >= 0.3 is 6.61 Å². The van der Waals surface area contributed by atoms with Gasteiger partial charge in [-0.3, -0.25) is 4.90 Å². The second-order valence-electron chi connectivity index (χ2n) is 6.02. The lowest BCUT2D eigenvalue weighted by atomic mass is 10.2. The predicted molar refractivity (Wildman–Crippen MR) is 102 cm³/mol. The van der Waals surface area contributed by atoms with E-state index in [1.54, 1.807) is 6.07 Å². The second kappa shape index (κ2) is 9.11. The third-order valence-electron chi connectivity index (χ3n) is 3.91. The standard InChI is InChI=1S/C19H18BrF2N3O3/c1-25(10-13-5-3-4-6-14(13)20)11-17-23-18(24-28-17)12-7-8-15(27-19(21)22)16(9-12)26-2/h3-9,19H,10-11H2,1-2H3. The highest BCUT2D eigenvalue weighted by atomic mass is 79.9. The molecule has 0 unspecified atom stereocenters. The summed E-state index contributed by atoms with van der Waals surface area (Å²) in [6.07, 6.45) is 0. The zero-order chi connectivity index (χ0) is 20.1. The SMILES string of the molecule is COc1cc(-c2noc(CN(C)Cc3ccccc3Br)n2)ccc1OC(F)F. The number of nitrogens with zero attached hydrogens (tertiary/aromatic N) is 3. The predicted octanol–water partition coefficient (Wildman–Crippen LogP) is 4.74. The van der Waals surface area contributed by atoms with Crippen LogP contribution in [0.2, 0.25) is 0 Å². The Labute approximate surface area is 169 Å². The Morgan fingerprint density at radius 3 is 2.64 bits per heavy atom. The summed E-state index contributed by atoms with van der Waals surface area (Å²) < 4.78 is 40.8. The number of halogens is 3. The first kappa shape index (κ1) is 20.2. The molecule has 0 amide bonds. The van der Waals surface area contributed by atoms with Crippen molar-refractivity contribution in [2.45, 2.75) is 19.7 Å². The zero-order valence-corrected chi connectivity index (χ0v) is 16.8. The molecule has 28 heavy (non-hydrogen) atoms. The number of hydrogen-bond acceptors (Lipinski definition) is 6. The van der Waals surface area contributed by atoms with E-state index in [0.29, 0.717) is 30.4 Å². The zero-order valence-electron chi connectivity index (χ0n) is 15.2. The highest BCUT2D eigenvalue weighted by molar-refractivity contribution is 9.10. The molecule has 0 N–H and O–H groups in total. The van der Waals surface area contributed by atoms with Gasteiger partial charge in [-0.05, 0) is 36.9 Å². The highest BCUT2D eigenvalue weighted by Gasteiger charge is 2.16. The summed E-state index contributed by atoms with van der Waals surface area (Å²) in [6, 6.07) is 12.4. The first-order chi connectivity index (χ1) is 13.5. The van der Waals surface area contributed by atoms with Crippen LogP contribution in [-0.2, 0) is 13.1 Å². The van der Waals surface area contributed by atoms with Crippen LogP contribution in [0.1, 0.15) is 11.5 Å². The summed E-state index contributed by atoms with van der Waals surface area (Å²) in [5.74, 6) is 0.885. The minimum atomic E-state index is -2.93. The van der Waals surface area contributed by atoms with Gasteiger partial charge in [-0.25, -0.2) is 0 Å². The largest absolute Gasteiger partial charge is 0.493 e. The van der Waals surface area contributed by atoms with E-state index < -0.39 is 6.61 Å². The van der Waals surface area contributed by atoms with Gasteiger partial charge in [0.05, 0.1) is 13.7 Å². The minimum Gasteiger partial charge on any atom is -0.493 e. The molecule has 0 radical (unpaired) electrons. The van der Waals surface area contributed by atoms with Gasteiger partial charge in [0.2, 0.25) is 11.7 Å². The lowest BCUT2D eigenvalue weighted by Crippen LogP contribution is -2.17. The molecular weight excluding hydrogens is 436 g/mol. The summed E-state index contributed by atoms with van der Waals surface area (Å²) in [5.41, 5.74) is 1.71. The molecule has 0 bridgehead atoms. The summed E-state index contributed by atoms with van der Waals surface area (Å²) >= 11 is 3.53. The first-order valence-corrected chi connectivity index (χ1v) is 9.13. The number of benzene rings is 2. The fraction of sp³-hybridized carbons (Fsp3) is 0.263. The van der Waals surface area contributed by atoms with Crippen molar-refractivity contribution in [3.05, 3.63) is 58.4 Å². The Bertz CT molecular complexity index is 936. The first-order valence-electron chi connectivity index (χ1n) is 8.34. The summed E-state index contributed by atoms with van der Waals surface area (Å²) in [7, 11) is 3.32. The van der Waals surface area contributed by atoms with Gasteiger partial charge in [0.1, 0.15) is 0 Å². The van der Waals surface area contributed by atoms with Crippen LogP contribution in [0.4, 0.5) is 8.78 Å². The topological polar surface area (TPSA) is 60.6 Å². The van der Waals surface area contributed by atoms with Crippen LogP contribution in [0, 0.1) is 0 Å². The lowest BCUT2D eigenvalue weighted by molar-refractivity contribution is -0.0512. The molecule has 0 aliphatic carbocycles. The maximum Gasteiger partial charge on any atom is 0.387 e. The van der Waals surface area contributed by atoms with E-state index in [9.17, 15) is 8.78 Å². The van der Waals surface area contributed by atoms with E-state index in [1.165, 1.54) is 19.2 Å². The van der Waals surface area contributed by atoms with Gasteiger partial charge in [0.25, 0.3) is 0 Å². The van der Waals surface area contributed by atoms with Crippen molar-refractivity contribution in [3.8, 4) is 22.9 Å². The van der Waals surface area contributed by atoms with Gasteiger partial charge < -0.3 is 14.0 Å². The van der Waals surface area contributed by atoms with E-state index in [0.717, 1.165) is 10.0 Å². The monoisotopic (exact) mass is 453 g/mol. The molecule has 9 heteroatoms. The fourth-order valence-electron chi connectivity index (χ4n) is 2.64. The maximum atomic E-state index is 12.4. The molecule has 0 spiro atoms. The van der Waals surface area contributed by atoms with E-state index >= 15 is 0 Å². The molecule has 6 nitrogen and oxygen atoms in total. The van der Waals surface area contributed by atoms with Gasteiger partial charge in [0.15, 0.2) is 11.5 Å². The average Bonchev–Trinajstić information content (AvgIpc) is 3.12. The van der Waals surface area contributed by atoms with Crippen LogP contribution in [0.15, 0.2) is 51.5 Å². The molecule has 0 atom stereocenters. The molecule has 0 aliphatic rings. The van der Waals surface area contributed by atoms with Crippen molar-refractivity contribution in [2.75, 3.05) is 14.2 Å². The summed E-state index contributed by atoms with van der Waals surface area (Å²) in [5, 5.41) is 3.96. The molecule has 0 fully saturated rings. The van der Waals surface area contributed by atoms with Gasteiger partial charge in [-0.15, -0.1) is 0 Å². The Kier molecular flexibility index (Phi) is 6.58. The fourth-order valence-corrected chi connectivity index (χ4v) is 3.05. The van der Waals surface area contributed by atoms with Crippen LogP contribution in [-0.4, -0.2) is 35.8 Å². The average molecular weight is 454 g/mol. The van der Waals surface area contributed by atoms with E-state index in [2.05, 4.69) is 30.8 Å². The number of rotatable bonds is 8. The molecule has 148 valence electrons. The van der Waals surface area contributed by atoms with Crippen LogP contribution < -0.4 is 9.47 Å². The van der Waals surface area contributed by atoms with Crippen LogP contribution in [0.25, 0.3) is 11.4 Å². The van der Waals surface area contributed by atoms with Gasteiger partial charge in [-0.1, -0.05) is 39.3 Å². The van der Waals surface area contributed by atoms with Crippen LogP contribution in [0.3, 0.4) is 0 Å². The van der Waals surface area contributed by atoms with E-state index in [-0.39, 0.29) is 11.5 Å². The third kappa shape index (κ3) is 5.05. The second-order valence-corrected chi connectivity index (χ2v) is 6.87. The highest BCUT2D eigenvalue weighted by Crippen LogP contribution is 2.32. The molecule has 3 aromatic rings.